The highest BCUT2D eigenvalue weighted by atomic mass is 16.4. The molecule has 0 saturated heterocycles. The summed E-state index contributed by atoms with van der Waals surface area (Å²) in [4.78, 5) is 22.4. The lowest BCUT2D eigenvalue weighted by Crippen LogP contribution is -2.47. The second-order valence-electron chi connectivity index (χ2n) is 5.37. The first kappa shape index (κ1) is 18.4. The van der Waals surface area contributed by atoms with Crippen molar-refractivity contribution < 1.29 is 19.8 Å². The zero-order valence-electron chi connectivity index (χ0n) is 12.4. The van der Waals surface area contributed by atoms with Crippen molar-refractivity contribution in [2.75, 3.05) is 0 Å². The maximum Gasteiger partial charge on any atom is 0.320 e. The molecule has 0 saturated carbocycles. The Morgan fingerprint density at radius 1 is 1.20 bits per heavy atom. The summed E-state index contributed by atoms with van der Waals surface area (Å²) in [5.74, 6) is -1.85. The van der Waals surface area contributed by atoms with Crippen LogP contribution in [-0.2, 0) is 9.59 Å². The van der Waals surface area contributed by atoms with Gasteiger partial charge < -0.3 is 10.2 Å². The van der Waals surface area contributed by atoms with E-state index in [1.54, 1.807) is 6.08 Å². The lowest BCUT2D eigenvalue weighted by atomic mass is 10.0. The predicted molar refractivity (Wildman–Crippen MR) is 78.6 cm³/mol. The van der Waals surface area contributed by atoms with Crippen LogP contribution in [0.15, 0.2) is 24.3 Å². The molecule has 0 bridgehead atoms. The summed E-state index contributed by atoms with van der Waals surface area (Å²) in [5, 5.41) is 21.0. The average Bonchev–Trinajstić information content (AvgIpc) is 2.32. The molecular weight excluding hydrogens is 258 g/mol. The summed E-state index contributed by atoms with van der Waals surface area (Å²) in [5.41, 5.74) is 1.02. The van der Waals surface area contributed by atoms with Crippen LogP contribution in [0.3, 0.4) is 0 Å². The van der Waals surface area contributed by atoms with Gasteiger partial charge in [0.2, 0.25) is 0 Å². The predicted octanol–water partition coefficient (Wildman–Crippen LogP) is 2.44. The molecule has 0 fully saturated rings. The fraction of sp³-hybridized carbons (Fsp3) is 0.600. The van der Waals surface area contributed by atoms with Crippen molar-refractivity contribution in [2.45, 2.75) is 52.1 Å². The van der Waals surface area contributed by atoms with Gasteiger partial charge in [0.05, 0.1) is 0 Å². The van der Waals surface area contributed by atoms with Crippen LogP contribution >= 0.6 is 0 Å². The van der Waals surface area contributed by atoms with Crippen molar-refractivity contribution in [3.05, 3.63) is 24.3 Å². The zero-order chi connectivity index (χ0) is 15.7. The molecule has 0 rings (SSSR count). The number of carboxylic acids is 2. The molecule has 0 aliphatic rings. The smallest absolute Gasteiger partial charge is 0.320 e. The fourth-order valence-corrected chi connectivity index (χ4v) is 1.89. The van der Waals surface area contributed by atoms with Gasteiger partial charge in [-0.25, -0.2) is 0 Å². The van der Waals surface area contributed by atoms with Crippen molar-refractivity contribution in [1.29, 1.82) is 0 Å². The lowest BCUT2D eigenvalue weighted by molar-refractivity contribution is -0.143. The van der Waals surface area contributed by atoms with Gasteiger partial charge in [-0.1, -0.05) is 38.2 Å². The van der Waals surface area contributed by atoms with E-state index < -0.39 is 24.0 Å². The second kappa shape index (κ2) is 9.31. The Labute approximate surface area is 120 Å². The molecule has 0 amide bonds. The lowest BCUT2D eigenvalue weighted by Gasteiger charge is -2.21. The van der Waals surface area contributed by atoms with Crippen LogP contribution in [0.1, 0.15) is 40.0 Å². The van der Waals surface area contributed by atoms with Crippen LogP contribution < -0.4 is 5.32 Å². The standard InChI is InChI=1S/C15H25NO4/c1-5-6-11(4)7-8-12(14(17)18)16-13(15(19)20)9-10(2)3/h5-6,10,12-13,16H,1,7-9H2,2-4H3,(H,17,18)(H,19,20)/b11-6+/t12-,13-/m0/s1. The van der Waals surface area contributed by atoms with Crippen LogP contribution in [0.5, 0.6) is 0 Å². The van der Waals surface area contributed by atoms with Crippen LogP contribution in [0.2, 0.25) is 0 Å². The summed E-state index contributed by atoms with van der Waals surface area (Å²) >= 11 is 0. The third-order valence-corrected chi connectivity index (χ3v) is 2.94. The van der Waals surface area contributed by atoms with E-state index in [9.17, 15) is 14.7 Å². The van der Waals surface area contributed by atoms with Gasteiger partial charge in [0.1, 0.15) is 12.1 Å². The van der Waals surface area contributed by atoms with Crippen molar-refractivity contribution in [1.82, 2.24) is 5.32 Å². The molecule has 0 radical (unpaired) electrons. The number of aliphatic carboxylic acids is 2. The number of carboxylic acid groups (broad SMARTS) is 2. The van der Waals surface area contributed by atoms with E-state index in [1.807, 2.05) is 26.8 Å². The van der Waals surface area contributed by atoms with E-state index >= 15 is 0 Å². The molecule has 0 aromatic heterocycles. The fourth-order valence-electron chi connectivity index (χ4n) is 1.89. The van der Waals surface area contributed by atoms with E-state index in [2.05, 4.69) is 11.9 Å². The molecule has 5 nitrogen and oxygen atoms in total. The van der Waals surface area contributed by atoms with Gasteiger partial charge in [-0.3, -0.25) is 14.9 Å². The minimum atomic E-state index is -1.02. The number of nitrogens with one attached hydrogen (secondary N) is 1. The van der Waals surface area contributed by atoms with Gasteiger partial charge in [-0.2, -0.15) is 0 Å². The third kappa shape index (κ3) is 7.74. The molecule has 0 heterocycles. The van der Waals surface area contributed by atoms with Gasteiger partial charge in [-0.15, -0.1) is 0 Å². The van der Waals surface area contributed by atoms with Crippen LogP contribution in [0.25, 0.3) is 0 Å². The first-order valence-electron chi connectivity index (χ1n) is 6.77. The van der Waals surface area contributed by atoms with Crippen LogP contribution in [-0.4, -0.2) is 34.2 Å². The van der Waals surface area contributed by atoms with E-state index in [-0.39, 0.29) is 5.92 Å². The Kier molecular flexibility index (Phi) is 8.56. The number of allylic oxidation sites excluding steroid dienone is 3. The molecule has 0 aromatic carbocycles. The summed E-state index contributed by atoms with van der Waals surface area (Å²) in [7, 11) is 0. The van der Waals surface area contributed by atoms with E-state index in [0.29, 0.717) is 19.3 Å². The minimum absolute atomic E-state index is 0.181. The van der Waals surface area contributed by atoms with E-state index in [4.69, 9.17) is 5.11 Å². The summed E-state index contributed by atoms with van der Waals surface area (Å²) in [6.07, 6.45) is 4.82. The first-order chi connectivity index (χ1) is 9.27. The van der Waals surface area contributed by atoms with Crippen molar-refractivity contribution in [3.63, 3.8) is 0 Å². The largest absolute Gasteiger partial charge is 0.480 e. The third-order valence-electron chi connectivity index (χ3n) is 2.94. The van der Waals surface area contributed by atoms with E-state index in [0.717, 1.165) is 5.57 Å². The second-order valence-corrected chi connectivity index (χ2v) is 5.37. The van der Waals surface area contributed by atoms with Crippen molar-refractivity contribution >= 4 is 11.9 Å². The Hall–Kier alpha value is -1.62. The Morgan fingerprint density at radius 3 is 2.15 bits per heavy atom. The quantitative estimate of drug-likeness (QED) is 0.536. The molecule has 0 aliphatic carbocycles. The highest BCUT2D eigenvalue weighted by Crippen LogP contribution is 2.11. The Morgan fingerprint density at radius 2 is 1.75 bits per heavy atom. The summed E-state index contributed by atoms with van der Waals surface area (Å²) < 4.78 is 0. The van der Waals surface area contributed by atoms with Gasteiger partial charge >= 0.3 is 11.9 Å². The molecule has 0 aromatic rings. The van der Waals surface area contributed by atoms with E-state index in [1.165, 1.54) is 0 Å². The molecule has 114 valence electrons. The zero-order valence-corrected chi connectivity index (χ0v) is 12.4. The highest BCUT2D eigenvalue weighted by Gasteiger charge is 2.26. The normalized spacial score (nSPS) is 14.9. The van der Waals surface area contributed by atoms with Gasteiger partial charge in [0.15, 0.2) is 0 Å². The van der Waals surface area contributed by atoms with Crippen molar-refractivity contribution in [2.24, 2.45) is 5.92 Å². The number of hydrogen-bond acceptors (Lipinski definition) is 3. The maximum atomic E-state index is 11.2. The number of hydrogen-bond donors (Lipinski definition) is 3. The first-order valence-corrected chi connectivity index (χ1v) is 6.77. The minimum Gasteiger partial charge on any atom is -0.480 e. The molecule has 3 N–H and O–H groups in total. The summed E-state index contributed by atoms with van der Waals surface area (Å²) in [6, 6.07) is -1.69. The van der Waals surface area contributed by atoms with Gasteiger partial charge in [-0.05, 0) is 32.1 Å². The maximum absolute atomic E-state index is 11.2. The Bertz CT molecular complexity index is 374. The molecule has 0 unspecified atom stereocenters. The molecular formula is C15H25NO4. The van der Waals surface area contributed by atoms with Gasteiger partial charge in [0.25, 0.3) is 0 Å². The SMILES string of the molecule is C=C/C=C(\C)CC[C@H](N[C@@H](CC(C)C)C(=O)O)C(=O)O. The summed E-state index contributed by atoms with van der Waals surface area (Å²) in [6.45, 7) is 9.29. The number of carbonyl (C=O) groups is 2. The molecule has 2 atom stereocenters. The average molecular weight is 283 g/mol. The molecule has 20 heavy (non-hydrogen) atoms. The number of rotatable bonds is 10. The Balaban J connectivity index is 4.66. The van der Waals surface area contributed by atoms with Crippen LogP contribution in [0, 0.1) is 5.92 Å². The van der Waals surface area contributed by atoms with Crippen LogP contribution in [0.4, 0.5) is 0 Å². The molecule has 5 heteroatoms. The molecule has 0 aliphatic heterocycles. The van der Waals surface area contributed by atoms with Gasteiger partial charge in [0, 0.05) is 0 Å². The monoisotopic (exact) mass is 283 g/mol. The topological polar surface area (TPSA) is 86.6 Å². The molecule has 0 spiro atoms. The highest BCUT2D eigenvalue weighted by molar-refractivity contribution is 5.77. The van der Waals surface area contributed by atoms with Crippen molar-refractivity contribution in [3.8, 4) is 0 Å².